The number of imidazole rings is 1. The van der Waals surface area contributed by atoms with Crippen molar-refractivity contribution in [2.24, 2.45) is 0 Å². The molecule has 160 valence electrons. The van der Waals surface area contributed by atoms with Crippen LogP contribution in [0.1, 0.15) is 6.92 Å². The fourth-order valence-corrected chi connectivity index (χ4v) is 4.09. The first-order chi connectivity index (χ1) is 15.0. The van der Waals surface area contributed by atoms with E-state index in [1.54, 1.807) is 34.2 Å². The highest BCUT2D eigenvalue weighted by Gasteiger charge is 2.17. The van der Waals surface area contributed by atoms with Gasteiger partial charge in [0.2, 0.25) is 5.91 Å². The Balaban J connectivity index is 1.55. The normalized spacial score (nSPS) is 11.2. The van der Waals surface area contributed by atoms with Gasteiger partial charge in [0.25, 0.3) is 0 Å². The van der Waals surface area contributed by atoms with Crippen molar-refractivity contribution < 1.29 is 18.3 Å². The van der Waals surface area contributed by atoms with Gasteiger partial charge in [0.15, 0.2) is 5.13 Å². The molecule has 4 rings (SSSR count). The molecule has 0 atom stereocenters. The van der Waals surface area contributed by atoms with Gasteiger partial charge >= 0.3 is 12.3 Å². The molecule has 0 aliphatic heterocycles. The molecule has 0 radical (unpaired) electrons. The maximum atomic E-state index is 12.7. The zero-order valence-corrected chi connectivity index (χ0v) is 17.2. The molecule has 0 saturated heterocycles. The van der Waals surface area contributed by atoms with E-state index in [0.29, 0.717) is 28.5 Å². The Morgan fingerprint density at radius 1 is 1.13 bits per heavy atom. The Morgan fingerprint density at radius 3 is 2.52 bits per heavy atom. The van der Waals surface area contributed by atoms with Crippen LogP contribution in [0.4, 0.5) is 13.9 Å². The van der Waals surface area contributed by atoms with Crippen LogP contribution in [0.15, 0.2) is 58.7 Å². The number of rotatable bonds is 7. The molecule has 0 spiro atoms. The lowest BCUT2D eigenvalue weighted by molar-refractivity contribution is -0.116. The molecule has 2 heterocycles. The van der Waals surface area contributed by atoms with Gasteiger partial charge in [-0.1, -0.05) is 24.3 Å². The smallest absolute Gasteiger partial charge is 0.387 e. The highest BCUT2D eigenvalue weighted by Crippen LogP contribution is 2.33. The Hall–Kier alpha value is -3.53. The van der Waals surface area contributed by atoms with Crippen LogP contribution in [-0.2, 0) is 17.9 Å². The van der Waals surface area contributed by atoms with Crippen LogP contribution in [0, 0.1) is 0 Å². The van der Waals surface area contributed by atoms with Gasteiger partial charge in [-0.15, -0.1) is 11.3 Å². The molecule has 7 nitrogen and oxygen atoms in total. The Bertz CT molecular complexity index is 1300. The minimum absolute atomic E-state index is 0.000367. The lowest BCUT2D eigenvalue weighted by Gasteiger charge is -2.08. The number of thiazole rings is 1. The number of nitrogens with zero attached hydrogens (tertiary/aromatic N) is 3. The summed E-state index contributed by atoms with van der Waals surface area (Å²) in [5.41, 5.74) is 1.95. The molecule has 31 heavy (non-hydrogen) atoms. The number of hydrogen-bond acceptors (Lipinski definition) is 5. The summed E-state index contributed by atoms with van der Waals surface area (Å²) in [6.45, 7) is -0.774. The van der Waals surface area contributed by atoms with E-state index in [9.17, 15) is 18.4 Å². The maximum Gasteiger partial charge on any atom is 0.387 e. The van der Waals surface area contributed by atoms with Crippen molar-refractivity contribution >= 4 is 33.4 Å². The number of anilines is 1. The van der Waals surface area contributed by atoms with E-state index in [1.807, 2.05) is 25.1 Å². The summed E-state index contributed by atoms with van der Waals surface area (Å²) in [6.07, 6.45) is 0. The molecule has 0 aliphatic carbocycles. The molecule has 2 aromatic heterocycles. The molecule has 0 fully saturated rings. The average Bonchev–Trinajstić information content (AvgIpc) is 3.31. The number of alkyl halides is 2. The number of aryl methyl sites for hydroxylation is 1. The number of fused-ring (bicyclic) bond motifs is 1. The second-order valence-corrected chi connectivity index (χ2v) is 7.42. The van der Waals surface area contributed by atoms with Crippen molar-refractivity contribution in [3.63, 3.8) is 0 Å². The monoisotopic (exact) mass is 444 g/mol. The number of amides is 1. The maximum absolute atomic E-state index is 12.7. The highest BCUT2D eigenvalue weighted by molar-refractivity contribution is 7.14. The molecular formula is C21H18F2N4O3S. The minimum Gasteiger partial charge on any atom is -0.434 e. The second-order valence-electron chi connectivity index (χ2n) is 6.56. The third-order valence-electron chi connectivity index (χ3n) is 4.67. The number of halogens is 2. The van der Waals surface area contributed by atoms with Crippen molar-refractivity contribution in [2.45, 2.75) is 26.6 Å². The van der Waals surface area contributed by atoms with E-state index in [1.165, 1.54) is 10.6 Å². The van der Waals surface area contributed by atoms with Gasteiger partial charge in [0.1, 0.15) is 12.3 Å². The Morgan fingerprint density at radius 2 is 1.81 bits per heavy atom. The summed E-state index contributed by atoms with van der Waals surface area (Å²) in [6, 6.07) is 13.6. The number of carbonyl (C=O) groups is 1. The molecular weight excluding hydrogens is 426 g/mol. The number of para-hydroxylation sites is 3. The first-order valence-corrected chi connectivity index (χ1v) is 10.3. The number of hydrogen-bond donors (Lipinski definition) is 1. The molecule has 1 N–H and O–H groups in total. The van der Waals surface area contributed by atoms with Crippen LogP contribution in [0.5, 0.6) is 5.75 Å². The summed E-state index contributed by atoms with van der Waals surface area (Å²) < 4.78 is 32.8. The predicted molar refractivity (Wildman–Crippen MR) is 115 cm³/mol. The van der Waals surface area contributed by atoms with Gasteiger partial charge in [-0.3, -0.25) is 13.9 Å². The van der Waals surface area contributed by atoms with Crippen LogP contribution in [0.3, 0.4) is 0 Å². The molecule has 0 unspecified atom stereocenters. The summed E-state index contributed by atoms with van der Waals surface area (Å²) in [5.74, 6) is -0.418. The first-order valence-electron chi connectivity index (χ1n) is 9.45. The van der Waals surface area contributed by atoms with Gasteiger partial charge in [-0.2, -0.15) is 8.78 Å². The van der Waals surface area contributed by atoms with Crippen molar-refractivity contribution in [3.8, 4) is 17.0 Å². The zero-order chi connectivity index (χ0) is 22.0. The first kappa shape index (κ1) is 20.7. The largest absolute Gasteiger partial charge is 0.434 e. The van der Waals surface area contributed by atoms with E-state index in [2.05, 4.69) is 15.0 Å². The third kappa shape index (κ3) is 4.19. The quantitative estimate of drug-likeness (QED) is 0.464. The number of aromatic nitrogens is 3. The Labute approximate surface area is 179 Å². The van der Waals surface area contributed by atoms with E-state index in [4.69, 9.17) is 0 Å². The average molecular weight is 444 g/mol. The number of benzene rings is 2. The fourth-order valence-electron chi connectivity index (χ4n) is 3.37. The highest BCUT2D eigenvalue weighted by atomic mass is 32.1. The molecule has 0 saturated carbocycles. The molecule has 0 bridgehead atoms. The van der Waals surface area contributed by atoms with Crippen LogP contribution in [0.25, 0.3) is 22.3 Å². The zero-order valence-electron chi connectivity index (χ0n) is 16.4. The SMILES string of the molecule is CCn1c(=O)n(CC(=O)Nc2nc(-c3ccccc3OC(F)F)cs2)c2ccccc21. The summed E-state index contributed by atoms with van der Waals surface area (Å²) in [7, 11) is 0. The van der Waals surface area contributed by atoms with Gasteiger partial charge in [0.05, 0.1) is 16.7 Å². The molecule has 10 heteroatoms. The van der Waals surface area contributed by atoms with E-state index < -0.39 is 12.5 Å². The molecule has 2 aromatic carbocycles. The minimum atomic E-state index is -2.96. The van der Waals surface area contributed by atoms with E-state index >= 15 is 0 Å². The van der Waals surface area contributed by atoms with Crippen LogP contribution < -0.4 is 15.7 Å². The Kier molecular flexibility index (Phi) is 5.81. The van der Waals surface area contributed by atoms with Crippen molar-refractivity contribution in [1.82, 2.24) is 14.1 Å². The van der Waals surface area contributed by atoms with Crippen molar-refractivity contribution in [1.29, 1.82) is 0 Å². The van der Waals surface area contributed by atoms with Crippen LogP contribution >= 0.6 is 11.3 Å². The topological polar surface area (TPSA) is 78.2 Å². The van der Waals surface area contributed by atoms with Crippen molar-refractivity contribution in [2.75, 3.05) is 5.32 Å². The number of ether oxygens (including phenoxy) is 1. The molecule has 1 amide bonds. The van der Waals surface area contributed by atoms with E-state index in [0.717, 1.165) is 16.9 Å². The predicted octanol–water partition coefficient (Wildman–Crippen LogP) is 4.19. The molecule has 4 aromatic rings. The lowest BCUT2D eigenvalue weighted by atomic mass is 10.1. The van der Waals surface area contributed by atoms with Gasteiger partial charge in [-0.05, 0) is 31.2 Å². The number of carbonyl (C=O) groups excluding carboxylic acids is 1. The lowest BCUT2D eigenvalue weighted by Crippen LogP contribution is -2.29. The second kappa shape index (κ2) is 8.68. The fraction of sp³-hybridized carbons (Fsp3) is 0.190. The van der Waals surface area contributed by atoms with Crippen LogP contribution in [0.2, 0.25) is 0 Å². The van der Waals surface area contributed by atoms with Gasteiger partial charge in [-0.25, -0.2) is 9.78 Å². The summed E-state index contributed by atoms with van der Waals surface area (Å²) >= 11 is 1.15. The molecule has 0 aliphatic rings. The standard InChI is InChI=1S/C21H18F2N4O3S/c1-2-26-15-8-4-5-9-16(15)27(21(26)29)11-18(28)25-20-24-14(12-31-20)13-7-3-6-10-17(13)30-19(22)23/h3-10,12,19H,2,11H2,1H3,(H,24,25,28). The third-order valence-corrected chi connectivity index (χ3v) is 5.43. The van der Waals surface area contributed by atoms with Crippen molar-refractivity contribution in [3.05, 3.63) is 64.4 Å². The van der Waals surface area contributed by atoms with Gasteiger partial charge in [0, 0.05) is 17.5 Å². The summed E-state index contributed by atoms with van der Waals surface area (Å²) in [4.78, 5) is 29.6. The van der Waals surface area contributed by atoms with E-state index in [-0.39, 0.29) is 18.0 Å². The summed E-state index contributed by atoms with van der Waals surface area (Å²) in [5, 5.41) is 4.60. The number of nitrogens with one attached hydrogen (secondary N) is 1. The van der Waals surface area contributed by atoms with Crippen LogP contribution in [-0.4, -0.2) is 26.6 Å². The van der Waals surface area contributed by atoms with Gasteiger partial charge < -0.3 is 10.1 Å².